The zero-order chi connectivity index (χ0) is 14.8. The number of hydrogen-bond acceptors (Lipinski definition) is 5. The van der Waals surface area contributed by atoms with Crippen LogP contribution in [0.3, 0.4) is 0 Å². The highest BCUT2D eigenvalue weighted by atomic mass is 35.5. The van der Waals surface area contributed by atoms with E-state index in [9.17, 15) is 10.1 Å². The summed E-state index contributed by atoms with van der Waals surface area (Å²) in [6.07, 6.45) is 2.95. The van der Waals surface area contributed by atoms with Crippen molar-refractivity contribution in [3.05, 3.63) is 57.6 Å². The molecule has 0 saturated heterocycles. The Labute approximate surface area is 124 Å². The lowest BCUT2D eigenvalue weighted by Crippen LogP contribution is -2.05. The first kappa shape index (κ1) is 13.3. The van der Waals surface area contributed by atoms with Crippen LogP contribution in [0.1, 0.15) is 5.56 Å². The fourth-order valence-corrected chi connectivity index (χ4v) is 2.15. The fraction of sp³-hybridized carbons (Fsp3) is 0.0769. The first-order chi connectivity index (χ1) is 10.1. The van der Waals surface area contributed by atoms with E-state index in [4.69, 9.17) is 11.6 Å². The summed E-state index contributed by atoms with van der Waals surface area (Å²) in [6, 6.07) is 7.84. The van der Waals surface area contributed by atoms with Gasteiger partial charge in [-0.1, -0.05) is 6.07 Å². The molecule has 2 aromatic heterocycles. The van der Waals surface area contributed by atoms with E-state index >= 15 is 0 Å². The van der Waals surface area contributed by atoms with Crippen molar-refractivity contribution in [1.82, 2.24) is 15.0 Å². The van der Waals surface area contributed by atoms with Crippen LogP contribution in [0.15, 0.2) is 36.7 Å². The van der Waals surface area contributed by atoms with Gasteiger partial charge in [0.2, 0.25) is 11.1 Å². The topological polar surface area (TPSA) is 96.7 Å². The second-order valence-corrected chi connectivity index (χ2v) is 4.72. The van der Waals surface area contributed by atoms with Crippen LogP contribution in [0, 0.1) is 10.1 Å². The molecule has 0 aliphatic heterocycles. The molecule has 0 spiro atoms. The molecule has 0 fully saturated rings. The lowest BCUT2D eigenvalue weighted by Gasteiger charge is -2.06. The molecule has 1 aromatic carbocycles. The predicted octanol–water partition coefficient (Wildman–Crippen LogP) is 3.13. The normalized spacial score (nSPS) is 10.7. The van der Waals surface area contributed by atoms with Gasteiger partial charge in [0.1, 0.15) is 6.20 Å². The molecule has 8 heteroatoms. The highest BCUT2D eigenvalue weighted by molar-refractivity contribution is 6.28. The Morgan fingerprint density at radius 2 is 2.24 bits per heavy atom. The minimum Gasteiger partial charge on any atom is -0.361 e. The van der Waals surface area contributed by atoms with Gasteiger partial charge in [0.25, 0.3) is 0 Å². The number of benzene rings is 1. The Balaban J connectivity index is 1.83. The minimum absolute atomic E-state index is 0.0378. The third kappa shape index (κ3) is 2.77. The maximum atomic E-state index is 10.9. The van der Waals surface area contributed by atoms with Crippen molar-refractivity contribution in [3.63, 3.8) is 0 Å². The van der Waals surface area contributed by atoms with E-state index in [1.165, 1.54) is 0 Å². The van der Waals surface area contributed by atoms with Gasteiger partial charge in [-0.05, 0) is 40.7 Å². The predicted molar refractivity (Wildman–Crippen MR) is 79.3 cm³/mol. The maximum absolute atomic E-state index is 10.9. The molecular formula is C13H10ClN5O2. The number of fused-ring (bicyclic) bond motifs is 1. The Hall–Kier alpha value is -2.67. The molecule has 0 bridgehead atoms. The average Bonchev–Trinajstić information content (AvgIpc) is 2.92. The van der Waals surface area contributed by atoms with Crippen LogP contribution in [-0.2, 0) is 6.54 Å². The summed E-state index contributed by atoms with van der Waals surface area (Å²) in [7, 11) is 0. The van der Waals surface area contributed by atoms with Crippen LogP contribution in [0.2, 0.25) is 5.28 Å². The molecule has 0 aliphatic carbocycles. The smallest absolute Gasteiger partial charge is 0.329 e. The molecule has 0 unspecified atom stereocenters. The molecule has 7 nitrogen and oxygen atoms in total. The van der Waals surface area contributed by atoms with Gasteiger partial charge in [0.15, 0.2) is 0 Å². The Kier molecular flexibility index (Phi) is 3.41. The van der Waals surface area contributed by atoms with Gasteiger partial charge >= 0.3 is 5.69 Å². The molecular weight excluding hydrogens is 294 g/mol. The van der Waals surface area contributed by atoms with Gasteiger partial charge in [-0.2, -0.15) is 4.98 Å². The summed E-state index contributed by atoms with van der Waals surface area (Å²) in [5, 5.41) is 14.9. The van der Waals surface area contributed by atoms with Crippen molar-refractivity contribution in [1.29, 1.82) is 0 Å². The van der Waals surface area contributed by atoms with Gasteiger partial charge in [0.05, 0.1) is 4.92 Å². The number of H-pyrrole nitrogens is 1. The molecule has 21 heavy (non-hydrogen) atoms. The van der Waals surface area contributed by atoms with Crippen molar-refractivity contribution >= 4 is 34.0 Å². The second-order valence-electron chi connectivity index (χ2n) is 4.38. The standard InChI is InChI=1S/C13H10ClN5O2/c14-13-17-7-11(19(20)21)12(18-13)16-6-8-1-2-10-9(5-8)3-4-15-10/h1-5,7,15H,6H2,(H,16,17,18). The summed E-state index contributed by atoms with van der Waals surface area (Å²) in [4.78, 5) is 21.0. The summed E-state index contributed by atoms with van der Waals surface area (Å²) < 4.78 is 0. The van der Waals surface area contributed by atoms with Crippen molar-refractivity contribution in [2.24, 2.45) is 0 Å². The van der Waals surface area contributed by atoms with E-state index in [0.717, 1.165) is 22.7 Å². The fourth-order valence-electron chi connectivity index (χ4n) is 2.02. The van der Waals surface area contributed by atoms with Crippen LogP contribution in [-0.4, -0.2) is 19.9 Å². The van der Waals surface area contributed by atoms with Gasteiger partial charge in [0, 0.05) is 18.3 Å². The lowest BCUT2D eigenvalue weighted by molar-refractivity contribution is -0.384. The summed E-state index contributed by atoms with van der Waals surface area (Å²) in [5.41, 5.74) is 1.81. The molecule has 106 valence electrons. The number of nitro groups is 1. The van der Waals surface area contributed by atoms with Gasteiger partial charge in [-0.25, -0.2) is 4.98 Å². The highest BCUT2D eigenvalue weighted by Crippen LogP contribution is 2.23. The number of halogens is 1. The Morgan fingerprint density at radius 1 is 1.38 bits per heavy atom. The van der Waals surface area contributed by atoms with Crippen molar-refractivity contribution in [3.8, 4) is 0 Å². The third-order valence-corrected chi connectivity index (χ3v) is 3.20. The molecule has 3 rings (SSSR count). The van der Waals surface area contributed by atoms with E-state index in [-0.39, 0.29) is 16.8 Å². The number of nitrogens with zero attached hydrogens (tertiary/aromatic N) is 3. The van der Waals surface area contributed by atoms with Crippen LogP contribution < -0.4 is 5.32 Å². The van der Waals surface area contributed by atoms with E-state index in [2.05, 4.69) is 20.3 Å². The zero-order valence-corrected chi connectivity index (χ0v) is 11.5. The third-order valence-electron chi connectivity index (χ3n) is 3.01. The molecule has 0 radical (unpaired) electrons. The molecule has 0 atom stereocenters. The van der Waals surface area contributed by atoms with E-state index in [1.54, 1.807) is 0 Å². The molecule has 3 aromatic rings. The first-order valence-corrected chi connectivity index (χ1v) is 6.48. The summed E-state index contributed by atoms with van der Waals surface area (Å²) >= 11 is 5.68. The Bertz CT molecular complexity index is 817. The summed E-state index contributed by atoms with van der Waals surface area (Å²) in [6.45, 7) is 0.398. The largest absolute Gasteiger partial charge is 0.361 e. The van der Waals surface area contributed by atoms with Crippen LogP contribution in [0.25, 0.3) is 10.9 Å². The van der Waals surface area contributed by atoms with E-state index in [1.807, 2.05) is 30.5 Å². The average molecular weight is 304 g/mol. The van der Waals surface area contributed by atoms with Crippen molar-refractivity contribution < 1.29 is 4.92 Å². The summed E-state index contributed by atoms with van der Waals surface area (Å²) in [5.74, 6) is 0.106. The maximum Gasteiger partial charge on any atom is 0.329 e. The van der Waals surface area contributed by atoms with E-state index < -0.39 is 4.92 Å². The molecule has 0 amide bonds. The number of rotatable bonds is 4. The number of nitrogens with one attached hydrogen (secondary N) is 2. The molecule has 0 saturated carbocycles. The number of aromatic amines is 1. The monoisotopic (exact) mass is 303 g/mol. The minimum atomic E-state index is -0.548. The lowest BCUT2D eigenvalue weighted by atomic mass is 10.1. The molecule has 2 N–H and O–H groups in total. The number of anilines is 1. The molecule has 0 aliphatic rings. The first-order valence-electron chi connectivity index (χ1n) is 6.10. The van der Waals surface area contributed by atoms with Gasteiger partial charge in [-0.15, -0.1) is 0 Å². The van der Waals surface area contributed by atoms with E-state index in [0.29, 0.717) is 6.54 Å². The van der Waals surface area contributed by atoms with Crippen molar-refractivity contribution in [2.45, 2.75) is 6.54 Å². The second kappa shape index (κ2) is 5.37. The SMILES string of the molecule is O=[N+]([O-])c1cnc(Cl)nc1NCc1ccc2[nH]ccc2c1. The number of aromatic nitrogens is 3. The number of hydrogen-bond donors (Lipinski definition) is 2. The quantitative estimate of drug-likeness (QED) is 0.438. The van der Waals surface area contributed by atoms with Gasteiger partial charge < -0.3 is 10.3 Å². The Morgan fingerprint density at radius 3 is 3.05 bits per heavy atom. The molecule has 2 heterocycles. The van der Waals surface area contributed by atoms with Crippen LogP contribution >= 0.6 is 11.6 Å². The van der Waals surface area contributed by atoms with Gasteiger partial charge in [-0.3, -0.25) is 10.1 Å². The highest BCUT2D eigenvalue weighted by Gasteiger charge is 2.16. The zero-order valence-electron chi connectivity index (χ0n) is 10.7. The van der Waals surface area contributed by atoms with Crippen LogP contribution in [0.4, 0.5) is 11.5 Å². The van der Waals surface area contributed by atoms with Crippen LogP contribution in [0.5, 0.6) is 0 Å². The van der Waals surface area contributed by atoms with Crippen molar-refractivity contribution in [2.75, 3.05) is 5.32 Å².